The molecule has 2 saturated heterocycles. The van der Waals surface area contributed by atoms with Gasteiger partial charge in [-0.15, -0.1) is 0 Å². The summed E-state index contributed by atoms with van der Waals surface area (Å²) >= 11 is 0. The van der Waals surface area contributed by atoms with Crippen LogP contribution in [0.25, 0.3) is 11.1 Å². The second-order valence-electron chi connectivity index (χ2n) is 11.3. The average molecular weight is 554 g/mol. The Balaban J connectivity index is 1.18. The van der Waals surface area contributed by atoms with Crippen molar-refractivity contribution < 1.29 is 24.2 Å². The molecule has 2 N–H and O–H groups in total. The molecular formula is C33H35N3O5. The first kappa shape index (κ1) is 27.0. The second-order valence-corrected chi connectivity index (χ2v) is 11.3. The molecule has 3 aliphatic rings. The number of carboxylic acids is 1. The predicted molar refractivity (Wildman–Crippen MR) is 154 cm³/mol. The number of hydrogen-bond donors (Lipinski definition) is 2. The number of piperidine rings is 1. The SMILES string of the molecule is O=C(NC1(C(=O)N2CCC[C@H]2C(=O)O)CCN(Cc2ccccc2)CC1)OCC1c2ccccc2-c2ccccc21. The summed E-state index contributed by atoms with van der Waals surface area (Å²) in [5.41, 5.74) is 4.48. The molecule has 3 aromatic rings. The van der Waals surface area contributed by atoms with Gasteiger partial charge >= 0.3 is 12.1 Å². The predicted octanol–water partition coefficient (Wildman–Crippen LogP) is 4.64. The molecule has 212 valence electrons. The summed E-state index contributed by atoms with van der Waals surface area (Å²) in [5, 5.41) is 12.7. The molecule has 0 unspecified atom stereocenters. The Bertz CT molecular complexity index is 1390. The number of ether oxygens (including phenoxy) is 1. The van der Waals surface area contributed by atoms with Gasteiger partial charge in [-0.25, -0.2) is 9.59 Å². The van der Waals surface area contributed by atoms with E-state index in [9.17, 15) is 19.5 Å². The number of likely N-dealkylation sites (tertiary alicyclic amines) is 2. The number of rotatable bonds is 7. The number of nitrogens with zero attached hydrogens (tertiary/aromatic N) is 2. The van der Waals surface area contributed by atoms with Crippen molar-refractivity contribution in [1.29, 1.82) is 0 Å². The van der Waals surface area contributed by atoms with Gasteiger partial charge in [-0.05, 0) is 53.5 Å². The zero-order chi connectivity index (χ0) is 28.4. The molecule has 0 saturated carbocycles. The Kier molecular flexibility index (Phi) is 7.49. The Labute approximate surface area is 239 Å². The third-order valence-electron chi connectivity index (χ3n) is 8.85. The Hall–Kier alpha value is -4.17. The van der Waals surface area contributed by atoms with Crippen LogP contribution in [0, 0.1) is 0 Å². The van der Waals surface area contributed by atoms with Crippen molar-refractivity contribution in [1.82, 2.24) is 15.1 Å². The quantitative estimate of drug-likeness (QED) is 0.443. The summed E-state index contributed by atoms with van der Waals surface area (Å²) in [6.45, 7) is 2.45. The lowest BCUT2D eigenvalue weighted by Gasteiger charge is -2.43. The fourth-order valence-electron chi connectivity index (χ4n) is 6.70. The van der Waals surface area contributed by atoms with Crippen molar-refractivity contribution in [2.75, 3.05) is 26.2 Å². The van der Waals surface area contributed by atoms with Crippen LogP contribution >= 0.6 is 0 Å². The molecule has 0 spiro atoms. The van der Waals surface area contributed by atoms with Gasteiger partial charge in [0.2, 0.25) is 5.91 Å². The van der Waals surface area contributed by atoms with Crippen molar-refractivity contribution in [3.8, 4) is 11.1 Å². The minimum absolute atomic E-state index is 0.0949. The zero-order valence-electron chi connectivity index (χ0n) is 23.0. The smallest absolute Gasteiger partial charge is 0.408 e. The summed E-state index contributed by atoms with van der Waals surface area (Å²) in [6, 6.07) is 25.6. The van der Waals surface area contributed by atoms with Gasteiger partial charge in [-0.2, -0.15) is 0 Å². The molecule has 6 rings (SSSR count). The standard InChI is InChI=1S/C33H35N3O5/c37-30(38)29-15-8-18-36(29)31(39)33(16-19-35(20-17-33)21-23-9-2-1-3-10-23)34-32(40)41-22-28-26-13-6-4-11-24(26)25-12-5-7-14-27(25)28/h1-7,9-14,28-29H,8,15-22H2,(H,34,40)(H,37,38)/t29-/m0/s1. The number of benzene rings is 3. The van der Waals surface area contributed by atoms with Gasteiger partial charge in [0, 0.05) is 32.1 Å². The number of carbonyl (C=O) groups is 3. The van der Waals surface area contributed by atoms with Gasteiger partial charge in [0.1, 0.15) is 18.2 Å². The van der Waals surface area contributed by atoms with Gasteiger partial charge in [0.15, 0.2) is 0 Å². The normalized spacial score (nSPS) is 19.8. The van der Waals surface area contributed by atoms with E-state index in [0.29, 0.717) is 45.3 Å². The highest BCUT2D eigenvalue weighted by molar-refractivity contribution is 5.93. The van der Waals surface area contributed by atoms with Crippen LogP contribution in [0.1, 0.15) is 48.3 Å². The maximum absolute atomic E-state index is 14.0. The number of hydrogen-bond acceptors (Lipinski definition) is 5. The molecule has 2 amide bonds. The van der Waals surface area contributed by atoms with Crippen LogP contribution in [-0.2, 0) is 20.9 Å². The fraction of sp³-hybridized carbons (Fsp3) is 0.364. The van der Waals surface area contributed by atoms with Gasteiger partial charge in [-0.3, -0.25) is 9.69 Å². The second kappa shape index (κ2) is 11.4. The van der Waals surface area contributed by atoms with Crippen molar-refractivity contribution in [3.05, 3.63) is 95.6 Å². The highest BCUT2D eigenvalue weighted by Gasteiger charge is 2.49. The monoisotopic (exact) mass is 553 g/mol. The molecule has 3 aromatic carbocycles. The lowest BCUT2D eigenvalue weighted by molar-refractivity contribution is -0.152. The van der Waals surface area contributed by atoms with Gasteiger partial charge < -0.3 is 20.1 Å². The molecule has 0 radical (unpaired) electrons. The van der Waals surface area contributed by atoms with Crippen LogP contribution < -0.4 is 5.32 Å². The van der Waals surface area contributed by atoms with Crippen molar-refractivity contribution in [2.45, 2.75) is 49.7 Å². The average Bonchev–Trinajstić information content (AvgIpc) is 3.61. The van der Waals surface area contributed by atoms with Gasteiger partial charge in [0.05, 0.1) is 0 Å². The molecule has 2 heterocycles. The molecule has 41 heavy (non-hydrogen) atoms. The third-order valence-corrected chi connectivity index (χ3v) is 8.85. The van der Waals surface area contributed by atoms with E-state index in [0.717, 1.165) is 28.8 Å². The van der Waals surface area contributed by atoms with E-state index in [1.807, 2.05) is 42.5 Å². The van der Waals surface area contributed by atoms with E-state index in [1.165, 1.54) is 10.5 Å². The Morgan fingerprint density at radius 2 is 1.46 bits per heavy atom. The largest absolute Gasteiger partial charge is 0.480 e. The van der Waals surface area contributed by atoms with Gasteiger partial charge in [0.25, 0.3) is 0 Å². The highest BCUT2D eigenvalue weighted by Crippen LogP contribution is 2.44. The lowest BCUT2D eigenvalue weighted by Crippen LogP contribution is -2.65. The molecule has 0 bridgehead atoms. The zero-order valence-corrected chi connectivity index (χ0v) is 23.0. The first-order chi connectivity index (χ1) is 19.9. The molecule has 2 fully saturated rings. The Morgan fingerprint density at radius 1 is 0.854 bits per heavy atom. The van der Waals surface area contributed by atoms with E-state index in [-0.39, 0.29) is 18.4 Å². The van der Waals surface area contributed by atoms with Crippen LogP contribution in [0.3, 0.4) is 0 Å². The number of nitrogens with one attached hydrogen (secondary N) is 1. The first-order valence-electron chi connectivity index (χ1n) is 14.4. The summed E-state index contributed by atoms with van der Waals surface area (Å²) in [7, 11) is 0. The molecule has 1 atom stereocenters. The summed E-state index contributed by atoms with van der Waals surface area (Å²) in [4.78, 5) is 43.0. The lowest BCUT2D eigenvalue weighted by atomic mass is 9.85. The number of carboxylic acid groups (broad SMARTS) is 1. The summed E-state index contributed by atoms with van der Waals surface area (Å²) in [5.74, 6) is -1.42. The first-order valence-corrected chi connectivity index (χ1v) is 14.4. The summed E-state index contributed by atoms with van der Waals surface area (Å²) in [6.07, 6.45) is 1.16. The molecule has 8 heteroatoms. The number of carbonyl (C=O) groups excluding carboxylic acids is 2. The van der Waals surface area contributed by atoms with E-state index < -0.39 is 23.6 Å². The van der Waals surface area contributed by atoms with Crippen LogP contribution in [0.5, 0.6) is 0 Å². The molecular weight excluding hydrogens is 518 g/mol. The minimum Gasteiger partial charge on any atom is -0.480 e. The van der Waals surface area contributed by atoms with Crippen molar-refractivity contribution >= 4 is 18.0 Å². The number of amides is 2. The Morgan fingerprint density at radius 3 is 2.10 bits per heavy atom. The van der Waals surface area contributed by atoms with Crippen molar-refractivity contribution in [3.63, 3.8) is 0 Å². The molecule has 8 nitrogen and oxygen atoms in total. The third kappa shape index (κ3) is 5.32. The van der Waals surface area contributed by atoms with E-state index in [2.05, 4.69) is 46.6 Å². The highest BCUT2D eigenvalue weighted by atomic mass is 16.5. The molecule has 0 aromatic heterocycles. The minimum atomic E-state index is -1.21. The maximum Gasteiger partial charge on any atom is 0.408 e. The maximum atomic E-state index is 14.0. The van der Waals surface area contributed by atoms with Crippen LogP contribution in [0.2, 0.25) is 0 Å². The number of fused-ring (bicyclic) bond motifs is 3. The van der Waals surface area contributed by atoms with Gasteiger partial charge in [-0.1, -0.05) is 78.9 Å². The van der Waals surface area contributed by atoms with Crippen LogP contribution in [-0.4, -0.2) is 70.7 Å². The van der Waals surface area contributed by atoms with Crippen molar-refractivity contribution in [2.24, 2.45) is 0 Å². The van der Waals surface area contributed by atoms with E-state index >= 15 is 0 Å². The molecule has 1 aliphatic carbocycles. The van der Waals surface area contributed by atoms with Crippen LogP contribution in [0.15, 0.2) is 78.9 Å². The van der Waals surface area contributed by atoms with E-state index in [1.54, 1.807) is 0 Å². The topological polar surface area (TPSA) is 99.2 Å². The number of alkyl carbamates (subject to hydrolysis) is 1. The number of aliphatic carboxylic acids is 1. The van der Waals surface area contributed by atoms with E-state index in [4.69, 9.17) is 4.74 Å². The fourth-order valence-corrected chi connectivity index (χ4v) is 6.70. The van der Waals surface area contributed by atoms with Crippen LogP contribution in [0.4, 0.5) is 4.79 Å². The molecule has 2 aliphatic heterocycles. The summed E-state index contributed by atoms with van der Waals surface area (Å²) < 4.78 is 5.83.